The van der Waals surface area contributed by atoms with E-state index in [2.05, 4.69) is 32.1 Å². The monoisotopic (exact) mass is 258 g/mol. The number of rotatable bonds is 1. The maximum Gasteiger partial charge on any atom is 0.159 e. The van der Waals surface area contributed by atoms with Gasteiger partial charge in [0, 0.05) is 46.7 Å². The van der Waals surface area contributed by atoms with E-state index in [0.717, 1.165) is 33.2 Å². The second-order valence-corrected chi connectivity index (χ2v) is 4.55. The predicted molar refractivity (Wildman–Crippen MR) is 78.1 cm³/mol. The molecule has 4 aromatic heterocycles. The maximum absolute atomic E-state index is 4.38. The average molecular weight is 258 g/mol. The van der Waals surface area contributed by atoms with Crippen molar-refractivity contribution in [3.05, 3.63) is 61.2 Å². The van der Waals surface area contributed by atoms with Crippen molar-refractivity contribution in [1.82, 2.24) is 19.9 Å². The molecule has 0 aliphatic carbocycles. The molecule has 0 saturated heterocycles. The SMILES string of the molecule is c1cnc2ncc(-c3cnc4ncccc4c3)cc2c1. The van der Waals surface area contributed by atoms with Gasteiger partial charge >= 0.3 is 0 Å². The Morgan fingerprint density at radius 3 is 1.60 bits per heavy atom. The summed E-state index contributed by atoms with van der Waals surface area (Å²) in [5.41, 5.74) is 3.57. The molecule has 94 valence electrons. The summed E-state index contributed by atoms with van der Waals surface area (Å²) in [6.45, 7) is 0. The number of hydrogen-bond acceptors (Lipinski definition) is 4. The second-order valence-electron chi connectivity index (χ2n) is 4.55. The lowest BCUT2D eigenvalue weighted by Gasteiger charge is -2.04. The van der Waals surface area contributed by atoms with E-state index >= 15 is 0 Å². The average Bonchev–Trinajstić information content (AvgIpc) is 2.54. The summed E-state index contributed by atoms with van der Waals surface area (Å²) in [6.07, 6.45) is 7.15. The molecule has 4 heteroatoms. The Balaban J connectivity index is 1.91. The summed E-state index contributed by atoms with van der Waals surface area (Å²) in [4.78, 5) is 17.2. The van der Waals surface area contributed by atoms with Gasteiger partial charge in [-0.3, -0.25) is 0 Å². The molecule has 4 rings (SSSR count). The molecule has 0 aliphatic rings. The molecular formula is C16H10N4. The molecule has 0 atom stereocenters. The van der Waals surface area contributed by atoms with E-state index in [9.17, 15) is 0 Å². The standard InChI is InChI=1S/C16H10N4/c1-3-11-7-13(9-19-15(11)17-5-1)14-8-12-4-2-6-18-16(12)20-10-14/h1-10H. The second kappa shape index (κ2) is 4.35. The van der Waals surface area contributed by atoms with Crippen LogP contribution in [-0.2, 0) is 0 Å². The van der Waals surface area contributed by atoms with Gasteiger partial charge in [-0.25, -0.2) is 19.9 Å². The van der Waals surface area contributed by atoms with Crippen molar-refractivity contribution < 1.29 is 0 Å². The van der Waals surface area contributed by atoms with Gasteiger partial charge in [0.25, 0.3) is 0 Å². The highest BCUT2D eigenvalue weighted by Crippen LogP contribution is 2.23. The van der Waals surface area contributed by atoms with Crippen molar-refractivity contribution in [1.29, 1.82) is 0 Å². The van der Waals surface area contributed by atoms with Crippen LogP contribution in [0.3, 0.4) is 0 Å². The summed E-state index contributed by atoms with van der Waals surface area (Å²) in [7, 11) is 0. The zero-order valence-corrected chi connectivity index (χ0v) is 10.6. The molecule has 0 spiro atoms. The Kier molecular flexibility index (Phi) is 2.39. The molecule has 4 aromatic rings. The highest BCUT2D eigenvalue weighted by atomic mass is 14.8. The number of nitrogens with zero attached hydrogens (tertiary/aromatic N) is 4. The van der Waals surface area contributed by atoms with E-state index in [1.54, 1.807) is 12.4 Å². The molecular weight excluding hydrogens is 248 g/mol. The lowest BCUT2D eigenvalue weighted by molar-refractivity contribution is 1.27. The van der Waals surface area contributed by atoms with Gasteiger partial charge < -0.3 is 0 Å². The van der Waals surface area contributed by atoms with Crippen LogP contribution in [0.2, 0.25) is 0 Å². The van der Waals surface area contributed by atoms with Crippen LogP contribution in [0.1, 0.15) is 0 Å². The maximum atomic E-state index is 4.38. The third kappa shape index (κ3) is 1.78. The molecule has 0 fully saturated rings. The van der Waals surface area contributed by atoms with Crippen molar-refractivity contribution in [2.45, 2.75) is 0 Å². The fraction of sp³-hybridized carbons (Fsp3) is 0. The molecule has 4 nitrogen and oxygen atoms in total. The van der Waals surface area contributed by atoms with E-state index < -0.39 is 0 Å². The van der Waals surface area contributed by atoms with E-state index in [0.29, 0.717) is 0 Å². The van der Waals surface area contributed by atoms with Crippen LogP contribution in [0.15, 0.2) is 61.2 Å². The third-order valence-corrected chi connectivity index (χ3v) is 3.24. The lowest BCUT2D eigenvalue weighted by Crippen LogP contribution is -1.88. The number of hydrogen-bond donors (Lipinski definition) is 0. The van der Waals surface area contributed by atoms with Crippen LogP contribution in [0.25, 0.3) is 33.2 Å². The summed E-state index contributed by atoms with van der Waals surface area (Å²) in [5.74, 6) is 0. The van der Waals surface area contributed by atoms with E-state index in [-0.39, 0.29) is 0 Å². The molecule has 0 aliphatic heterocycles. The fourth-order valence-electron chi connectivity index (χ4n) is 2.25. The first-order chi connectivity index (χ1) is 9.90. The molecule has 20 heavy (non-hydrogen) atoms. The molecule has 0 amide bonds. The largest absolute Gasteiger partial charge is 0.237 e. The smallest absolute Gasteiger partial charge is 0.159 e. The quantitative estimate of drug-likeness (QED) is 0.526. The van der Waals surface area contributed by atoms with Crippen LogP contribution in [0, 0.1) is 0 Å². The zero-order valence-electron chi connectivity index (χ0n) is 10.6. The molecule has 0 aromatic carbocycles. The normalized spacial score (nSPS) is 11.0. The van der Waals surface area contributed by atoms with Gasteiger partial charge in [-0.05, 0) is 36.4 Å². The summed E-state index contributed by atoms with van der Waals surface area (Å²) in [6, 6.07) is 12.0. The number of aromatic nitrogens is 4. The minimum atomic E-state index is 0.756. The van der Waals surface area contributed by atoms with Gasteiger partial charge in [0.05, 0.1) is 0 Å². The Morgan fingerprint density at radius 2 is 1.10 bits per heavy atom. The molecule has 0 saturated carbocycles. The van der Waals surface area contributed by atoms with Gasteiger partial charge in [0.2, 0.25) is 0 Å². The van der Waals surface area contributed by atoms with Crippen molar-refractivity contribution in [2.75, 3.05) is 0 Å². The Labute approximate surface area is 115 Å². The van der Waals surface area contributed by atoms with Gasteiger partial charge in [-0.2, -0.15) is 0 Å². The molecule has 0 N–H and O–H groups in total. The Hall–Kier alpha value is -2.88. The van der Waals surface area contributed by atoms with Gasteiger partial charge in [-0.1, -0.05) is 0 Å². The molecule has 0 radical (unpaired) electrons. The first-order valence-electron chi connectivity index (χ1n) is 6.32. The van der Waals surface area contributed by atoms with Crippen molar-refractivity contribution >= 4 is 22.1 Å². The zero-order chi connectivity index (χ0) is 13.4. The fourth-order valence-corrected chi connectivity index (χ4v) is 2.25. The Bertz CT molecular complexity index is 841. The molecule has 0 bridgehead atoms. The number of pyridine rings is 4. The summed E-state index contributed by atoms with van der Waals surface area (Å²) in [5, 5.41) is 2.05. The van der Waals surface area contributed by atoms with Gasteiger partial charge in [0.15, 0.2) is 11.3 Å². The van der Waals surface area contributed by atoms with Gasteiger partial charge in [0.1, 0.15) is 0 Å². The van der Waals surface area contributed by atoms with Crippen molar-refractivity contribution in [3.8, 4) is 11.1 Å². The predicted octanol–water partition coefficient (Wildman–Crippen LogP) is 3.24. The minimum absolute atomic E-state index is 0.756. The van der Waals surface area contributed by atoms with Crippen LogP contribution >= 0.6 is 0 Å². The molecule has 0 unspecified atom stereocenters. The van der Waals surface area contributed by atoms with E-state index in [4.69, 9.17) is 0 Å². The highest BCUT2D eigenvalue weighted by molar-refractivity contribution is 5.84. The summed E-state index contributed by atoms with van der Waals surface area (Å²) >= 11 is 0. The van der Waals surface area contributed by atoms with Crippen LogP contribution in [-0.4, -0.2) is 19.9 Å². The lowest BCUT2D eigenvalue weighted by atomic mass is 10.1. The van der Waals surface area contributed by atoms with Crippen LogP contribution in [0.5, 0.6) is 0 Å². The topological polar surface area (TPSA) is 51.6 Å². The van der Waals surface area contributed by atoms with E-state index in [1.165, 1.54) is 0 Å². The summed E-state index contributed by atoms with van der Waals surface area (Å²) < 4.78 is 0. The number of fused-ring (bicyclic) bond motifs is 2. The Morgan fingerprint density at radius 1 is 0.600 bits per heavy atom. The van der Waals surface area contributed by atoms with Crippen molar-refractivity contribution in [2.24, 2.45) is 0 Å². The van der Waals surface area contributed by atoms with E-state index in [1.807, 2.05) is 36.7 Å². The first-order valence-corrected chi connectivity index (χ1v) is 6.32. The van der Waals surface area contributed by atoms with Crippen LogP contribution in [0.4, 0.5) is 0 Å². The molecule has 4 heterocycles. The third-order valence-electron chi connectivity index (χ3n) is 3.24. The van der Waals surface area contributed by atoms with Crippen molar-refractivity contribution in [3.63, 3.8) is 0 Å². The minimum Gasteiger partial charge on any atom is -0.237 e. The van der Waals surface area contributed by atoms with Crippen LogP contribution < -0.4 is 0 Å². The van der Waals surface area contributed by atoms with Gasteiger partial charge in [-0.15, -0.1) is 0 Å². The first kappa shape index (κ1) is 11.0. The highest BCUT2D eigenvalue weighted by Gasteiger charge is 2.03.